The Balaban J connectivity index is 1.55. The highest BCUT2D eigenvalue weighted by atomic mass is 19.1. The van der Waals surface area contributed by atoms with Crippen molar-refractivity contribution in [2.24, 2.45) is 0 Å². The van der Waals surface area contributed by atoms with E-state index in [-0.39, 0.29) is 23.2 Å². The molecule has 0 unspecified atom stereocenters. The van der Waals surface area contributed by atoms with Crippen LogP contribution in [0.3, 0.4) is 0 Å². The molecule has 1 N–H and O–H groups in total. The molecule has 0 saturated heterocycles. The summed E-state index contributed by atoms with van der Waals surface area (Å²) in [6.45, 7) is 4.29. The molecule has 0 aliphatic heterocycles. The zero-order chi connectivity index (χ0) is 21.3. The molecule has 1 aliphatic rings. The minimum absolute atomic E-state index is 0.00260. The van der Waals surface area contributed by atoms with E-state index in [1.54, 1.807) is 0 Å². The van der Waals surface area contributed by atoms with Crippen molar-refractivity contribution in [3.8, 4) is 0 Å². The van der Waals surface area contributed by atoms with Crippen molar-refractivity contribution in [1.29, 1.82) is 0 Å². The lowest BCUT2D eigenvalue weighted by molar-refractivity contribution is 0.0962. The van der Waals surface area contributed by atoms with E-state index in [1.165, 1.54) is 30.0 Å². The van der Waals surface area contributed by atoms with Gasteiger partial charge < -0.3 is 0 Å². The number of carbonyl (C=O) groups excluding carboxylic acids is 2. The minimum Gasteiger partial charge on any atom is -0.294 e. The summed E-state index contributed by atoms with van der Waals surface area (Å²) in [5.74, 6) is -0.412. The van der Waals surface area contributed by atoms with Crippen molar-refractivity contribution in [3.05, 3.63) is 88.5 Å². The highest BCUT2D eigenvalue weighted by molar-refractivity contribution is 6.03. The third kappa shape index (κ3) is 4.13. The van der Waals surface area contributed by atoms with Gasteiger partial charge in [0.15, 0.2) is 5.78 Å². The average molecular weight is 403 g/mol. The van der Waals surface area contributed by atoms with Crippen LogP contribution in [0.5, 0.6) is 0 Å². The van der Waals surface area contributed by atoms with Gasteiger partial charge in [-0.2, -0.15) is 0 Å². The van der Waals surface area contributed by atoms with Crippen molar-refractivity contribution >= 4 is 17.6 Å². The Morgan fingerprint density at radius 1 is 1.13 bits per heavy atom. The van der Waals surface area contributed by atoms with E-state index >= 15 is 0 Å². The van der Waals surface area contributed by atoms with Gasteiger partial charge in [-0.1, -0.05) is 44.2 Å². The summed E-state index contributed by atoms with van der Waals surface area (Å²) in [6.07, 6.45) is 2.46. The van der Waals surface area contributed by atoms with Crippen LogP contribution < -0.4 is 5.32 Å². The predicted molar refractivity (Wildman–Crippen MR) is 112 cm³/mol. The number of fused-ring (bicyclic) bond motifs is 1. The molecule has 0 radical (unpaired) electrons. The lowest BCUT2D eigenvalue weighted by Crippen LogP contribution is -2.22. The summed E-state index contributed by atoms with van der Waals surface area (Å²) in [4.78, 5) is 33.5. The van der Waals surface area contributed by atoms with Crippen LogP contribution in [-0.4, -0.2) is 21.7 Å². The van der Waals surface area contributed by atoms with Gasteiger partial charge in [-0.3, -0.25) is 14.9 Å². The number of hydrogen-bond acceptors (Lipinski definition) is 4. The highest BCUT2D eigenvalue weighted by Crippen LogP contribution is 2.32. The van der Waals surface area contributed by atoms with Gasteiger partial charge in [0.25, 0.3) is 5.91 Å². The monoisotopic (exact) mass is 403 g/mol. The average Bonchev–Trinajstić information content (AvgIpc) is 2.73. The van der Waals surface area contributed by atoms with Crippen LogP contribution in [-0.2, 0) is 6.42 Å². The molecule has 152 valence electrons. The van der Waals surface area contributed by atoms with Crippen LogP contribution in [0.1, 0.15) is 69.6 Å². The summed E-state index contributed by atoms with van der Waals surface area (Å²) in [5.41, 5.74) is 3.64. The molecule has 30 heavy (non-hydrogen) atoms. The maximum absolute atomic E-state index is 13.4. The van der Waals surface area contributed by atoms with E-state index in [2.05, 4.69) is 53.4 Å². The first-order chi connectivity index (χ1) is 14.4. The third-order valence-corrected chi connectivity index (χ3v) is 5.43. The Bertz CT molecular complexity index is 1110. The molecule has 3 aromatic rings. The van der Waals surface area contributed by atoms with Gasteiger partial charge in [0.05, 0.1) is 11.3 Å². The molecule has 2 aromatic carbocycles. The Morgan fingerprint density at radius 3 is 2.60 bits per heavy atom. The minimum atomic E-state index is -0.502. The number of amides is 1. The van der Waals surface area contributed by atoms with Crippen LogP contribution in [0.15, 0.2) is 54.7 Å². The number of aromatic nitrogens is 2. The molecular formula is C24H22FN3O2. The maximum Gasteiger partial charge on any atom is 0.258 e. The van der Waals surface area contributed by atoms with Gasteiger partial charge in [0.2, 0.25) is 5.95 Å². The molecule has 0 bridgehead atoms. The van der Waals surface area contributed by atoms with Crippen LogP contribution in [0, 0.1) is 5.82 Å². The number of rotatable bonds is 4. The van der Waals surface area contributed by atoms with Gasteiger partial charge in [-0.15, -0.1) is 0 Å². The van der Waals surface area contributed by atoms with E-state index in [9.17, 15) is 14.0 Å². The summed E-state index contributed by atoms with van der Waals surface area (Å²) >= 11 is 0. The molecule has 5 nitrogen and oxygen atoms in total. The molecule has 4 rings (SSSR count). The Morgan fingerprint density at radius 2 is 1.90 bits per heavy atom. The molecular weight excluding hydrogens is 381 g/mol. The lowest BCUT2D eigenvalue weighted by Gasteiger charge is -2.23. The van der Waals surface area contributed by atoms with Crippen molar-refractivity contribution in [2.75, 3.05) is 5.32 Å². The Kier molecular flexibility index (Phi) is 5.40. The SMILES string of the molecule is CC(C)c1ccc([C@H]2CC(=O)c3cnc(NC(=O)c4cccc(F)c4)nc3C2)cc1. The summed E-state index contributed by atoms with van der Waals surface area (Å²) < 4.78 is 13.4. The molecule has 1 aromatic heterocycles. The first kappa shape index (κ1) is 19.9. The summed E-state index contributed by atoms with van der Waals surface area (Å²) in [7, 11) is 0. The number of carbonyl (C=O) groups is 2. The van der Waals surface area contributed by atoms with Crippen molar-refractivity contribution < 1.29 is 14.0 Å². The quantitative estimate of drug-likeness (QED) is 0.672. The number of Topliss-reactive ketones (excluding diaryl/α,β-unsaturated/α-hetero) is 1. The Hall–Kier alpha value is -3.41. The number of benzene rings is 2. The fourth-order valence-corrected chi connectivity index (χ4v) is 3.70. The standard InChI is InChI=1S/C24H22FN3O2/c1-14(2)15-6-8-16(9-7-15)18-11-21-20(22(29)12-18)13-26-24(27-21)28-23(30)17-4-3-5-19(25)10-17/h3-10,13-14,18H,11-12H2,1-2H3,(H,26,27,28,30)/t18-/m1/s1. The fourth-order valence-electron chi connectivity index (χ4n) is 3.70. The zero-order valence-corrected chi connectivity index (χ0v) is 16.9. The van der Waals surface area contributed by atoms with E-state index in [1.807, 2.05) is 0 Å². The number of anilines is 1. The van der Waals surface area contributed by atoms with Gasteiger partial charge in [-0.25, -0.2) is 14.4 Å². The number of ketones is 1. The lowest BCUT2D eigenvalue weighted by atomic mass is 9.81. The predicted octanol–water partition coefficient (Wildman–Crippen LogP) is 4.90. The van der Waals surface area contributed by atoms with Gasteiger partial charge in [-0.05, 0) is 47.6 Å². The number of halogens is 1. The van der Waals surface area contributed by atoms with E-state index in [0.717, 1.165) is 11.6 Å². The molecule has 1 amide bonds. The number of nitrogens with one attached hydrogen (secondary N) is 1. The smallest absolute Gasteiger partial charge is 0.258 e. The van der Waals surface area contributed by atoms with E-state index in [0.29, 0.717) is 30.0 Å². The van der Waals surface area contributed by atoms with Crippen LogP contribution in [0.25, 0.3) is 0 Å². The molecule has 1 atom stereocenters. The van der Waals surface area contributed by atoms with Gasteiger partial charge >= 0.3 is 0 Å². The van der Waals surface area contributed by atoms with Crippen molar-refractivity contribution in [2.45, 2.75) is 38.5 Å². The van der Waals surface area contributed by atoms with E-state index < -0.39 is 11.7 Å². The topological polar surface area (TPSA) is 72.0 Å². The first-order valence-corrected chi connectivity index (χ1v) is 9.96. The third-order valence-electron chi connectivity index (χ3n) is 5.43. The zero-order valence-electron chi connectivity index (χ0n) is 16.9. The van der Waals surface area contributed by atoms with Crippen LogP contribution >= 0.6 is 0 Å². The van der Waals surface area contributed by atoms with Gasteiger partial charge in [0.1, 0.15) is 5.82 Å². The molecule has 0 saturated carbocycles. The van der Waals surface area contributed by atoms with Gasteiger partial charge in [0, 0.05) is 18.2 Å². The maximum atomic E-state index is 13.4. The van der Waals surface area contributed by atoms with Crippen LogP contribution in [0.2, 0.25) is 0 Å². The molecule has 6 heteroatoms. The second kappa shape index (κ2) is 8.14. The summed E-state index contributed by atoms with van der Waals surface area (Å²) in [5, 5.41) is 2.59. The molecule has 0 spiro atoms. The van der Waals surface area contributed by atoms with E-state index in [4.69, 9.17) is 0 Å². The number of hydrogen-bond donors (Lipinski definition) is 1. The van der Waals surface area contributed by atoms with Crippen LogP contribution in [0.4, 0.5) is 10.3 Å². The van der Waals surface area contributed by atoms with Crippen molar-refractivity contribution in [1.82, 2.24) is 9.97 Å². The van der Waals surface area contributed by atoms with Crippen molar-refractivity contribution in [3.63, 3.8) is 0 Å². The molecule has 1 aliphatic carbocycles. The summed E-state index contributed by atoms with van der Waals surface area (Å²) in [6, 6.07) is 13.7. The fraction of sp³-hybridized carbons (Fsp3) is 0.250. The number of nitrogens with zero attached hydrogens (tertiary/aromatic N) is 2. The Labute approximate surface area is 174 Å². The molecule has 1 heterocycles. The highest BCUT2D eigenvalue weighted by Gasteiger charge is 2.28. The second-order valence-corrected chi connectivity index (χ2v) is 7.87. The first-order valence-electron chi connectivity index (χ1n) is 9.96. The second-order valence-electron chi connectivity index (χ2n) is 7.87. The normalized spacial score (nSPS) is 15.7. The largest absolute Gasteiger partial charge is 0.294 e. The molecule has 0 fully saturated rings.